The van der Waals surface area contributed by atoms with Crippen molar-refractivity contribution in [1.29, 1.82) is 0 Å². The molecule has 1 fully saturated rings. The van der Waals surface area contributed by atoms with E-state index in [-0.39, 0.29) is 12.6 Å². The Kier molecular flexibility index (Phi) is 5.32. The van der Waals surface area contributed by atoms with Crippen LogP contribution in [0.3, 0.4) is 0 Å². The first-order valence-electron chi connectivity index (χ1n) is 5.76. The number of β-amino-alcohol motifs (C(OH)–C–C–N with tert-alkyl or cyclic N) is 1. The van der Waals surface area contributed by atoms with E-state index in [1.165, 1.54) is 7.11 Å². The number of nitrogens with zero attached hydrogens (tertiary/aromatic N) is 2. The highest BCUT2D eigenvalue weighted by Crippen LogP contribution is 2.21. The molecule has 1 aliphatic heterocycles. The number of hydrogen-bond donors (Lipinski definition) is 2. The van der Waals surface area contributed by atoms with Crippen molar-refractivity contribution in [3.8, 4) is 0 Å². The molecule has 1 rings (SSSR count). The van der Waals surface area contributed by atoms with Gasteiger partial charge in [-0.3, -0.25) is 9.69 Å². The number of carboxylic acid groups (broad SMARTS) is 1. The Morgan fingerprint density at radius 3 is 2.71 bits per heavy atom. The first-order chi connectivity index (χ1) is 7.95. The molecule has 0 aromatic carbocycles. The second-order valence-corrected chi connectivity index (χ2v) is 4.81. The van der Waals surface area contributed by atoms with E-state index in [1.54, 1.807) is 0 Å². The number of likely N-dealkylation sites (N-methyl/N-ethyl adjacent to an activating group) is 1. The predicted molar refractivity (Wildman–Crippen MR) is 63.0 cm³/mol. The molecule has 0 amide bonds. The average molecular weight is 246 g/mol. The minimum Gasteiger partial charge on any atom is -0.480 e. The van der Waals surface area contributed by atoms with E-state index in [2.05, 4.69) is 0 Å². The molecule has 3 unspecified atom stereocenters. The third-order valence-electron chi connectivity index (χ3n) is 3.02. The number of carboxylic acids is 1. The molecule has 0 radical (unpaired) electrons. The second-order valence-electron chi connectivity index (χ2n) is 4.81. The third kappa shape index (κ3) is 3.92. The maximum Gasteiger partial charge on any atom is 0.323 e. The molecule has 1 saturated heterocycles. The number of methoxy groups -OCH3 is 1. The molecular weight excluding hydrogens is 224 g/mol. The summed E-state index contributed by atoms with van der Waals surface area (Å²) in [6.07, 6.45) is 0.171. The molecule has 0 aromatic heterocycles. The number of ether oxygens (including phenoxy) is 1. The van der Waals surface area contributed by atoms with Gasteiger partial charge in [-0.1, -0.05) is 0 Å². The molecule has 0 bridgehead atoms. The van der Waals surface area contributed by atoms with Gasteiger partial charge < -0.3 is 19.8 Å². The van der Waals surface area contributed by atoms with Crippen molar-refractivity contribution in [3.05, 3.63) is 0 Å². The van der Waals surface area contributed by atoms with Gasteiger partial charge in [-0.2, -0.15) is 0 Å². The fourth-order valence-electron chi connectivity index (χ4n) is 2.37. The molecule has 17 heavy (non-hydrogen) atoms. The summed E-state index contributed by atoms with van der Waals surface area (Å²) in [5.74, 6) is -0.898. The Labute approximate surface area is 102 Å². The van der Waals surface area contributed by atoms with Crippen molar-refractivity contribution in [3.63, 3.8) is 0 Å². The highest BCUT2D eigenvalue weighted by Gasteiger charge is 2.38. The summed E-state index contributed by atoms with van der Waals surface area (Å²) in [4.78, 5) is 15.0. The molecule has 2 N–H and O–H groups in total. The van der Waals surface area contributed by atoms with E-state index in [4.69, 9.17) is 4.74 Å². The monoisotopic (exact) mass is 246 g/mol. The lowest BCUT2D eigenvalue weighted by Crippen LogP contribution is -2.49. The van der Waals surface area contributed by atoms with Crippen LogP contribution in [0.15, 0.2) is 0 Å². The van der Waals surface area contributed by atoms with Gasteiger partial charge in [0.25, 0.3) is 0 Å². The molecule has 3 atom stereocenters. The molecule has 100 valence electrons. The molecule has 0 saturated carbocycles. The summed E-state index contributed by atoms with van der Waals surface area (Å²) in [6.45, 7) is 1.29. The highest BCUT2D eigenvalue weighted by molar-refractivity contribution is 5.73. The van der Waals surface area contributed by atoms with Gasteiger partial charge in [0.1, 0.15) is 6.04 Å². The van der Waals surface area contributed by atoms with E-state index in [9.17, 15) is 15.0 Å². The predicted octanol–water partition coefficient (Wildman–Crippen LogP) is -0.917. The SMILES string of the molecule is COCC(C(=O)O)N1CC(O)CC1CN(C)C. The number of hydrogen-bond acceptors (Lipinski definition) is 5. The van der Waals surface area contributed by atoms with E-state index in [0.717, 1.165) is 6.54 Å². The van der Waals surface area contributed by atoms with Crippen molar-refractivity contribution in [2.24, 2.45) is 0 Å². The number of aliphatic hydroxyl groups is 1. The number of carbonyl (C=O) groups is 1. The van der Waals surface area contributed by atoms with Crippen LogP contribution in [0.25, 0.3) is 0 Å². The number of likely N-dealkylation sites (tertiary alicyclic amines) is 1. The zero-order valence-corrected chi connectivity index (χ0v) is 10.7. The summed E-state index contributed by atoms with van der Waals surface area (Å²) in [6, 6.07) is -0.613. The Balaban J connectivity index is 2.72. The van der Waals surface area contributed by atoms with Gasteiger partial charge in [-0.05, 0) is 20.5 Å². The van der Waals surface area contributed by atoms with Crippen LogP contribution in [0.1, 0.15) is 6.42 Å². The van der Waals surface area contributed by atoms with Crippen LogP contribution < -0.4 is 0 Å². The van der Waals surface area contributed by atoms with Gasteiger partial charge in [0, 0.05) is 26.2 Å². The van der Waals surface area contributed by atoms with Gasteiger partial charge >= 0.3 is 5.97 Å². The highest BCUT2D eigenvalue weighted by atomic mass is 16.5. The van der Waals surface area contributed by atoms with Crippen LogP contribution in [0.2, 0.25) is 0 Å². The Hall–Kier alpha value is -0.690. The van der Waals surface area contributed by atoms with Gasteiger partial charge in [0.2, 0.25) is 0 Å². The van der Waals surface area contributed by atoms with E-state index < -0.39 is 18.1 Å². The molecule has 6 heteroatoms. The minimum atomic E-state index is -0.898. The van der Waals surface area contributed by atoms with Gasteiger partial charge in [0.05, 0.1) is 12.7 Å². The van der Waals surface area contributed by atoms with Gasteiger partial charge in [-0.25, -0.2) is 0 Å². The lowest BCUT2D eigenvalue weighted by Gasteiger charge is -2.31. The lowest BCUT2D eigenvalue weighted by atomic mass is 10.1. The van der Waals surface area contributed by atoms with Gasteiger partial charge in [-0.15, -0.1) is 0 Å². The van der Waals surface area contributed by atoms with Crippen LogP contribution in [-0.2, 0) is 9.53 Å². The largest absolute Gasteiger partial charge is 0.480 e. The Morgan fingerprint density at radius 1 is 1.59 bits per heavy atom. The molecule has 1 aliphatic rings. The minimum absolute atomic E-state index is 0.0660. The van der Waals surface area contributed by atoms with Crippen LogP contribution in [0.5, 0.6) is 0 Å². The zero-order valence-electron chi connectivity index (χ0n) is 10.7. The third-order valence-corrected chi connectivity index (χ3v) is 3.02. The fourth-order valence-corrected chi connectivity index (χ4v) is 2.37. The van der Waals surface area contributed by atoms with Crippen LogP contribution >= 0.6 is 0 Å². The summed E-state index contributed by atoms with van der Waals surface area (Å²) < 4.78 is 4.95. The quantitative estimate of drug-likeness (QED) is 0.631. The average Bonchev–Trinajstić information content (AvgIpc) is 2.54. The summed E-state index contributed by atoms with van der Waals surface area (Å²) in [7, 11) is 5.37. The smallest absolute Gasteiger partial charge is 0.323 e. The van der Waals surface area contributed by atoms with Crippen molar-refractivity contribution in [2.45, 2.75) is 24.6 Å². The first-order valence-corrected chi connectivity index (χ1v) is 5.76. The van der Waals surface area contributed by atoms with Crippen LogP contribution in [0, 0.1) is 0 Å². The molecule has 1 heterocycles. The zero-order chi connectivity index (χ0) is 13.0. The normalized spacial score (nSPS) is 27.6. The standard InChI is InChI=1S/C11H22N2O4/c1-12(2)5-8-4-9(14)6-13(8)10(7-17-3)11(15)16/h8-10,14H,4-7H2,1-3H3,(H,15,16). The first kappa shape index (κ1) is 14.4. The molecular formula is C11H22N2O4. The number of aliphatic carboxylic acids is 1. The fraction of sp³-hybridized carbons (Fsp3) is 0.909. The number of aliphatic hydroxyl groups excluding tert-OH is 1. The maximum absolute atomic E-state index is 11.2. The summed E-state index contributed by atoms with van der Waals surface area (Å²) >= 11 is 0. The van der Waals surface area contributed by atoms with Crippen molar-refractivity contribution in [1.82, 2.24) is 9.80 Å². The van der Waals surface area contributed by atoms with Crippen LogP contribution in [0.4, 0.5) is 0 Å². The Bertz CT molecular complexity index is 260. The second kappa shape index (κ2) is 6.30. The molecule has 6 nitrogen and oxygen atoms in total. The maximum atomic E-state index is 11.2. The van der Waals surface area contributed by atoms with E-state index in [1.807, 2.05) is 23.9 Å². The lowest BCUT2D eigenvalue weighted by molar-refractivity contribution is -0.146. The van der Waals surface area contributed by atoms with Crippen molar-refractivity contribution < 1.29 is 19.7 Å². The molecule has 0 aromatic rings. The van der Waals surface area contributed by atoms with Crippen molar-refractivity contribution >= 4 is 5.97 Å². The van der Waals surface area contributed by atoms with E-state index in [0.29, 0.717) is 13.0 Å². The summed E-state index contributed by atoms with van der Waals surface area (Å²) in [5.41, 5.74) is 0. The van der Waals surface area contributed by atoms with Crippen molar-refractivity contribution in [2.75, 3.05) is 40.9 Å². The topological polar surface area (TPSA) is 73.2 Å². The van der Waals surface area contributed by atoms with Crippen LogP contribution in [-0.4, -0.2) is 85.1 Å². The molecule has 0 spiro atoms. The van der Waals surface area contributed by atoms with E-state index >= 15 is 0 Å². The number of rotatable bonds is 6. The summed E-state index contributed by atoms with van der Waals surface area (Å²) in [5, 5.41) is 18.9. The molecule has 0 aliphatic carbocycles. The van der Waals surface area contributed by atoms with Gasteiger partial charge in [0.15, 0.2) is 0 Å². The Morgan fingerprint density at radius 2 is 2.24 bits per heavy atom.